The van der Waals surface area contributed by atoms with E-state index in [4.69, 9.17) is 0 Å². The van der Waals surface area contributed by atoms with Gasteiger partial charge in [-0.3, -0.25) is 0 Å². The summed E-state index contributed by atoms with van der Waals surface area (Å²) in [6.07, 6.45) is 4.91. The van der Waals surface area contributed by atoms with Crippen molar-refractivity contribution in [3.8, 4) is 0 Å². The highest BCUT2D eigenvalue weighted by Crippen LogP contribution is 2.12. The zero-order valence-corrected chi connectivity index (χ0v) is 9.54. The van der Waals surface area contributed by atoms with Crippen molar-refractivity contribution >= 4 is 6.03 Å². The maximum Gasteiger partial charge on any atom is 0.319 e. The molecule has 1 N–H and O–H groups in total. The van der Waals surface area contributed by atoms with Crippen LogP contribution >= 0.6 is 0 Å². The van der Waals surface area contributed by atoms with E-state index in [2.05, 4.69) is 5.32 Å². The van der Waals surface area contributed by atoms with Crippen molar-refractivity contribution in [3.05, 3.63) is 0 Å². The average Bonchev–Trinajstić information content (AvgIpc) is 2.26. The molecule has 0 bridgehead atoms. The lowest BCUT2D eigenvalue weighted by Crippen LogP contribution is -2.52. The summed E-state index contributed by atoms with van der Waals surface area (Å²) < 4.78 is 0. The van der Waals surface area contributed by atoms with E-state index in [1.807, 2.05) is 16.8 Å². The summed E-state index contributed by atoms with van der Waals surface area (Å²) in [5.41, 5.74) is 0. The van der Waals surface area contributed by atoms with E-state index >= 15 is 0 Å². The average molecular weight is 211 g/mol. The third-order valence-electron chi connectivity index (χ3n) is 3.37. The van der Waals surface area contributed by atoms with Gasteiger partial charge in [0.1, 0.15) is 0 Å². The van der Waals surface area contributed by atoms with Crippen molar-refractivity contribution in [2.45, 2.75) is 31.7 Å². The summed E-state index contributed by atoms with van der Waals surface area (Å²) in [5, 5.41) is 3.49. The lowest BCUT2D eigenvalue weighted by Gasteiger charge is -2.36. The highest BCUT2D eigenvalue weighted by molar-refractivity contribution is 5.74. The van der Waals surface area contributed by atoms with Gasteiger partial charge in [-0.05, 0) is 25.8 Å². The fourth-order valence-corrected chi connectivity index (χ4v) is 2.45. The van der Waals surface area contributed by atoms with Gasteiger partial charge in [-0.2, -0.15) is 0 Å². The third kappa shape index (κ3) is 2.62. The van der Waals surface area contributed by atoms with Gasteiger partial charge in [0, 0.05) is 32.7 Å². The van der Waals surface area contributed by atoms with E-state index in [1.165, 1.54) is 19.3 Å². The molecular formula is C11H21N3O. The minimum atomic E-state index is 0.202. The molecule has 1 unspecified atom stereocenters. The summed E-state index contributed by atoms with van der Waals surface area (Å²) in [7, 11) is 1.89. The Kier molecular flexibility index (Phi) is 3.46. The number of nitrogens with one attached hydrogen (secondary N) is 1. The molecule has 2 aliphatic heterocycles. The van der Waals surface area contributed by atoms with Gasteiger partial charge in [0.05, 0.1) is 0 Å². The van der Waals surface area contributed by atoms with Crippen LogP contribution in [0.25, 0.3) is 0 Å². The van der Waals surface area contributed by atoms with E-state index in [9.17, 15) is 4.79 Å². The van der Waals surface area contributed by atoms with Gasteiger partial charge in [0.15, 0.2) is 0 Å². The van der Waals surface area contributed by atoms with Crippen molar-refractivity contribution in [1.82, 2.24) is 15.1 Å². The number of urea groups is 1. The van der Waals surface area contributed by atoms with Crippen molar-refractivity contribution in [2.75, 3.05) is 33.2 Å². The Hall–Kier alpha value is -0.770. The SMILES string of the molecule is CN1CCCN(CC2CCCCN2)C1=O. The van der Waals surface area contributed by atoms with Crippen LogP contribution in [-0.2, 0) is 0 Å². The van der Waals surface area contributed by atoms with Crippen LogP contribution in [0, 0.1) is 0 Å². The molecule has 0 radical (unpaired) electrons. The maximum atomic E-state index is 11.8. The summed E-state index contributed by atoms with van der Waals surface area (Å²) >= 11 is 0. The van der Waals surface area contributed by atoms with Crippen LogP contribution in [0.5, 0.6) is 0 Å². The minimum Gasteiger partial charge on any atom is -0.328 e. The second-order valence-corrected chi connectivity index (χ2v) is 4.65. The molecule has 0 aromatic rings. The number of hydrogen-bond donors (Lipinski definition) is 1. The molecule has 2 amide bonds. The topological polar surface area (TPSA) is 35.6 Å². The molecule has 2 rings (SSSR count). The van der Waals surface area contributed by atoms with Gasteiger partial charge in [0.2, 0.25) is 0 Å². The van der Waals surface area contributed by atoms with E-state index in [0.29, 0.717) is 6.04 Å². The Morgan fingerprint density at radius 2 is 2.20 bits per heavy atom. The first-order valence-corrected chi connectivity index (χ1v) is 6.01. The highest BCUT2D eigenvalue weighted by atomic mass is 16.2. The molecule has 15 heavy (non-hydrogen) atoms. The smallest absolute Gasteiger partial charge is 0.319 e. The molecule has 0 aliphatic carbocycles. The monoisotopic (exact) mass is 211 g/mol. The number of nitrogens with zero attached hydrogens (tertiary/aromatic N) is 2. The second-order valence-electron chi connectivity index (χ2n) is 4.65. The molecule has 2 saturated heterocycles. The first-order chi connectivity index (χ1) is 7.27. The first kappa shape index (κ1) is 10.7. The number of hydrogen-bond acceptors (Lipinski definition) is 2. The van der Waals surface area contributed by atoms with Crippen LogP contribution in [0.3, 0.4) is 0 Å². The normalized spacial score (nSPS) is 28.3. The van der Waals surface area contributed by atoms with Crippen molar-refractivity contribution in [1.29, 1.82) is 0 Å². The fourth-order valence-electron chi connectivity index (χ4n) is 2.45. The molecule has 86 valence electrons. The van der Waals surface area contributed by atoms with Crippen LogP contribution in [0.15, 0.2) is 0 Å². The Morgan fingerprint density at radius 1 is 1.33 bits per heavy atom. The number of amides is 2. The van der Waals surface area contributed by atoms with Gasteiger partial charge in [-0.15, -0.1) is 0 Å². The predicted octanol–water partition coefficient (Wildman–Crippen LogP) is 0.886. The molecule has 4 nitrogen and oxygen atoms in total. The lowest BCUT2D eigenvalue weighted by atomic mass is 10.0. The van der Waals surface area contributed by atoms with E-state index in [0.717, 1.165) is 32.6 Å². The quantitative estimate of drug-likeness (QED) is 0.736. The number of carbonyl (C=O) groups excluding carboxylic acids is 1. The van der Waals surface area contributed by atoms with Gasteiger partial charge in [0.25, 0.3) is 0 Å². The standard InChI is InChI=1S/C11H21N3O/c1-13-7-4-8-14(11(13)15)9-10-5-2-3-6-12-10/h10,12H,2-9H2,1H3. The molecule has 2 fully saturated rings. The van der Waals surface area contributed by atoms with Gasteiger partial charge in [-0.25, -0.2) is 4.79 Å². The van der Waals surface area contributed by atoms with Crippen molar-refractivity contribution < 1.29 is 4.79 Å². The number of carbonyl (C=O) groups is 1. The molecule has 0 saturated carbocycles. The molecule has 2 heterocycles. The van der Waals surface area contributed by atoms with Crippen molar-refractivity contribution in [2.24, 2.45) is 0 Å². The Balaban J connectivity index is 1.84. The number of piperidine rings is 1. The molecule has 2 aliphatic rings. The van der Waals surface area contributed by atoms with Crippen LogP contribution in [0.4, 0.5) is 4.79 Å². The van der Waals surface area contributed by atoms with E-state index in [1.54, 1.807) is 0 Å². The Morgan fingerprint density at radius 3 is 2.93 bits per heavy atom. The molecule has 0 spiro atoms. The first-order valence-electron chi connectivity index (χ1n) is 6.01. The lowest BCUT2D eigenvalue weighted by molar-refractivity contribution is 0.132. The molecule has 0 aromatic heterocycles. The van der Waals surface area contributed by atoms with Crippen LogP contribution in [0.1, 0.15) is 25.7 Å². The summed E-state index contributed by atoms with van der Waals surface area (Å²) in [4.78, 5) is 15.6. The largest absolute Gasteiger partial charge is 0.328 e. The third-order valence-corrected chi connectivity index (χ3v) is 3.37. The zero-order valence-electron chi connectivity index (χ0n) is 9.54. The van der Waals surface area contributed by atoms with Crippen LogP contribution < -0.4 is 5.32 Å². The van der Waals surface area contributed by atoms with Gasteiger partial charge >= 0.3 is 6.03 Å². The fraction of sp³-hybridized carbons (Fsp3) is 0.909. The van der Waals surface area contributed by atoms with E-state index < -0.39 is 0 Å². The van der Waals surface area contributed by atoms with Gasteiger partial charge in [-0.1, -0.05) is 6.42 Å². The Labute approximate surface area is 91.6 Å². The van der Waals surface area contributed by atoms with Crippen molar-refractivity contribution in [3.63, 3.8) is 0 Å². The highest BCUT2D eigenvalue weighted by Gasteiger charge is 2.25. The molecule has 0 aromatic carbocycles. The molecule has 4 heteroatoms. The van der Waals surface area contributed by atoms with Crippen LogP contribution in [0.2, 0.25) is 0 Å². The summed E-state index contributed by atoms with van der Waals surface area (Å²) in [6.45, 7) is 3.85. The number of rotatable bonds is 2. The predicted molar refractivity (Wildman–Crippen MR) is 59.9 cm³/mol. The summed E-state index contributed by atoms with van der Waals surface area (Å²) in [6, 6.07) is 0.725. The van der Waals surface area contributed by atoms with Gasteiger partial charge < -0.3 is 15.1 Å². The molecule has 1 atom stereocenters. The molecular weight excluding hydrogens is 190 g/mol. The maximum absolute atomic E-state index is 11.8. The second kappa shape index (κ2) is 4.84. The minimum absolute atomic E-state index is 0.202. The Bertz CT molecular complexity index is 226. The summed E-state index contributed by atoms with van der Waals surface area (Å²) in [5.74, 6) is 0. The zero-order chi connectivity index (χ0) is 10.7. The van der Waals surface area contributed by atoms with E-state index in [-0.39, 0.29) is 6.03 Å². The van der Waals surface area contributed by atoms with Crippen LogP contribution in [-0.4, -0.2) is 55.1 Å².